The van der Waals surface area contributed by atoms with E-state index in [2.05, 4.69) is 0 Å². The van der Waals surface area contributed by atoms with E-state index in [0.717, 1.165) is 0 Å². The minimum Gasteiger partial charge on any atom is -0.493 e. The third kappa shape index (κ3) is 5.08. The van der Waals surface area contributed by atoms with Crippen molar-refractivity contribution in [3.05, 3.63) is 121 Å². The van der Waals surface area contributed by atoms with Gasteiger partial charge in [0, 0.05) is 11.1 Å². The summed E-state index contributed by atoms with van der Waals surface area (Å²) in [6.45, 7) is 4.14. The Kier molecular flexibility index (Phi) is 7.93. The Morgan fingerprint density at radius 1 is 1.02 bits per heavy atom. The van der Waals surface area contributed by atoms with E-state index in [9.17, 15) is 14.0 Å². The summed E-state index contributed by atoms with van der Waals surface area (Å²) < 4.78 is 32.6. The van der Waals surface area contributed by atoms with Crippen LogP contribution in [0, 0.1) is 5.82 Å². The van der Waals surface area contributed by atoms with Crippen molar-refractivity contribution < 1.29 is 23.4 Å². The summed E-state index contributed by atoms with van der Waals surface area (Å²) in [5.41, 5.74) is 2.17. The summed E-state index contributed by atoms with van der Waals surface area (Å²) in [6.07, 6.45) is 1.73. The lowest BCUT2D eigenvalue weighted by atomic mass is 9.93. The van der Waals surface area contributed by atoms with Gasteiger partial charge in [0.05, 0.1) is 42.2 Å². The van der Waals surface area contributed by atoms with Crippen molar-refractivity contribution >= 4 is 29.1 Å². The molecule has 0 aliphatic carbocycles. The van der Waals surface area contributed by atoms with Gasteiger partial charge >= 0.3 is 5.97 Å². The number of hydrogen-bond donors (Lipinski definition) is 0. The summed E-state index contributed by atoms with van der Waals surface area (Å²) in [7, 11) is 1.56. The fourth-order valence-electron chi connectivity index (χ4n) is 4.65. The molecule has 5 rings (SSSR count). The van der Waals surface area contributed by atoms with E-state index in [4.69, 9.17) is 19.2 Å². The summed E-state index contributed by atoms with van der Waals surface area (Å²) in [6, 6.07) is 19.6. The molecule has 1 aromatic heterocycles. The van der Waals surface area contributed by atoms with Gasteiger partial charge in [0.2, 0.25) is 0 Å². The van der Waals surface area contributed by atoms with E-state index in [1.165, 1.54) is 28.0 Å². The number of ether oxygens (including phenoxy) is 3. The van der Waals surface area contributed by atoms with Gasteiger partial charge < -0.3 is 14.2 Å². The largest absolute Gasteiger partial charge is 0.493 e. The Morgan fingerprint density at radius 2 is 1.77 bits per heavy atom. The number of aromatic nitrogens is 1. The number of hydrogen-bond acceptors (Lipinski definition) is 7. The first kappa shape index (κ1) is 27.1. The predicted molar refractivity (Wildman–Crippen MR) is 152 cm³/mol. The lowest BCUT2D eigenvalue weighted by Gasteiger charge is -2.25. The topological polar surface area (TPSA) is 79.1 Å². The zero-order valence-corrected chi connectivity index (χ0v) is 23.0. The minimum atomic E-state index is -0.884. The Labute approximate surface area is 234 Å². The number of para-hydroxylation sites is 1. The number of carbonyl (C=O) groups excluding carboxylic acids is 1. The van der Waals surface area contributed by atoms with Gasteiger partial charge in [0.25, 0.3) is 5.56 Å². The van der Waals surface area contributed by atoms with Gasteiger partial charge in [-0.15, -0.1) is 0 Å². The van der Waals surface area contributed by atoms with Crippen molar-refractivity contribution in [2.75, 3.05) is 20.3 Å². The smallest absolute Gasteiger partial charge is 0.338 e. The van der Waals surface area contributed by atoms with E-state index in [1.807, 2.05) is 49.4 Å². The van der Waals surface area contributed by atoms with Gasteiger partial charge in [0.1, 0.15) is 5.82 Å². The molecule has 204 valence electrons. The Hall–Kier alpha value is -4.50. The van der Waals surface area contributed by atoms with Gasteiger partial charge in [-0.25, -0.2) is 14.2 Å². The third-order valence-corrected chi connectivity index (χ3v) is 7.35. The average Bonchev–Trinajstić information content (AvgIpc) is 3.28. The molecule has 1 unspecified atom stereocenters. The molecule has 0 N–H and O–H groups in total. The van der Waals surface area contributed by atoms with Crippen LogP contribution < -0.4 is 24.4 Å². The second-order valence-corrected chi connectivity index (χ2v) is 9.80. The number of rotatable bonds is 8. The summed E-state index contributed by atoms with van der Waals surface area (Å²) in [5.74, 6) is 0.0388. The Morgan fingerprint density at radius 3 is 2.45 bits per heavy atom. The maximum Gasteiger partial charge on any atom is 0.338 e. The average molecular weight is 559 g/mol. The van der Waals surface area contributed by atoms with Crippen LogP contribution in [0.5, 0.6) is 11.5 Å². The van der Waals surface area contributed by atoms with Crippen LogP contribution in [0.15, 0.2) is 88.2 Å². The Balaban J connectivity index is 1.82. The molecule has 1 aliphatic rings. The second-order valence-electron chi connectivity index (χ2n) is 8.79. The van der Waals surface area contributed by atoms with Crippen molar-refractivity contribution in [3.8, 4) is 11.5 Å². The molecule has 0 saturated heterocycles. The van der Waals surface area contributed by atoms with Crippen LogP contribution in [-0.2, 0) is 9.53 Å². The molecule has 0 amide bonds. The molecule has 0 radical (unpaired) electrons. The molecular weight excluding hydrogens is 531 g/mol. The van der Waals surface area contributed by atoms with Gasteiger partial charge in [-0.2, -0.15) is 0 Å². The summed E-state index contributed by atoms with van der Waals surface area (Å²) in [4.78, 5) is 32.7. The second kappa shape index (κ2) is 11.7. The van der Waals surface area contributed by atoms with Crippen LogP contribution in [0.4, 0.5) is 4.39 Å². The van der Waals surface area contributed by atoms with Crippen molar-refractivity contribution in [2.45, 2.75) is 19.9 Å². The lowest BCUT2D eigenvalue weighted by molar-refractivity contribution is -0.138. The fourth-order valence-corrected chi connectivity index (χ4v) is 5.64. The molecule has 1 aliphatic heterocycles. The number of benzene rings is 3. The quantitative estimate of drug-likeness (QED) is 0.298. The number of carbonyl (C=O) groups is 1. The maximum absolute atomic E-state index is 14.0. The standard InChI is InChI=1S/C31H27FN2O5S/c1-4-38-28-21(12-9-13-23(28)37-3)18-24-29(35)34-27(20-14-16-22(32)17-15-20)25(30(36)39-5-2)26(33-31(34)40-24)19-10-7-6-8-11-19/h6-18,27H,4-5H2,1-3H3/b24-18-. The highest BCUT2D eigenvalue weighted by atomic mass is 32.1. The van der Waals surface area contributed by atoms with Gasteiger partial charge in [-0.05, 0) is 43.7 Å². The number of fused-ring (bicyclic) bond motifs is 1. The summed E-state index contributed by atoms with van der Waals surface area (Å²) >= 11 is 1.20. The number of thiazole rings is 1. The van der Waals surface area contributed by atoms with Gasteiger partial charge in [-0.3, -0.25) is 9.36 Å². The lowest BCUT2D eigenvalue weighted by Crippen LogP contribution is -2.40. The van der Waals surface area contributed by atoms with E-state index in [1.54, 1.807) is 38.3 Å². The third-order valence-electron chi connectivity index (χ3n) is 6.36. The zero-order chi connectivity index (χ0) is 28.2. The molecule has 3 aromatic carbocycles. The monoisotopic (exact) mass is 558 g/mol. The van der Waals surface area contributed by atoms with Crippen molar-refractivity contribution in [1.29, 1.82) is 0 Å². The first-order valence-corrected chi connectivity index (χ1v) is 13.6. The molecule has 9 heteroatoms. The molecule has 1 atom stereocenters. The number of nitrogens with zero attached hydrogens (tertiary/aromatic N) is 2. The van der Waals surface area contributed by atoms with Crippen LogP contribution in [-0.4, -0.2) is 30.9 Å². The maximum atomic E-state index is 14.0. The molecule has 0 saturated carbocycles. The van der Waals surface area contributed by atoms with Crippen molar-refractivity contribution in [2.24, 2.45) is 4.99 Å². The molecule has 0 spiro atoms. The van der Waals surface area contributed by atoms with Crippen LogP contribution in [0.1, 0.15) is 36.6 Å². The highest BCUT2D eigenvalue weighted by molar-refractivity contribution is 7.07. The van der Waals surface area contributed by atoms with Crippen LogP contribution >= 0.6 is 11.3 Å². The first-order valence-electron chi connectivity index (χ1n) is 12.8. The van der Waals surface area contributed by atoms with Crippen LogP contribution in [0.2, 0.25) is 0 Å². The Bertz CT molecular complexity index is 1760. The van der Waals surface area contributed by atoms with Gasteiger partial charge in [-0.1, -0.05) is 65.9 Å². The first-order chi connectivity index (χ1) is 19.5. The van der Waals surface area contributed by atoms with Crippen LogP contribution in [0.25, 0.3) is 11.8 Å². The molecule has 7 nitrogen and oxygen atoms in total. The molecule has 4 aromatic rings. The highest BCUT2D eigenvalue weighted by Crippen LogP contribution is 2.35. The highest BCUT2D eigenvalue weighted by Gasteiger charge is 2.35. The molecule has 2 heterocycles. The van der Waals surface area contributed by atoms with E-state index in [-0.39, 0.29) is 17.7 Å². The van der Waals surface area contributed by atoms with Crippen LogP contribution in [0.3, 0.4) is 0 Å². The molecule has 0 bridgehead atoms. The molecule has 40 heavy (non-hydrogen) atoms. The fraction of sp³-hybridized carbons (Fsp3) is 0.194. The molecular formula is C31H27FN2O5S. The number of esters is 1. The number of methoxy groups -OCH3 is 1. The van der Waals surface area contributed by atoms with Crippen molar-refractivity contribution in [1.82, 2.24) is 4.57 Å². The normalized spacial score (nSPS) is 14.9. The minimum absolute atomic E-state index is 0.140. The van der Waals surface area contributed by atoms with Gasteiger partial charge in [0.15, 0.2) is 16.3 Å². The SMILES string of the molecule is CCOC(=O)C1=C(c2ccccc2)N=c2s/c(=C\c3cccc(OC)c3OCC)c(=O)n2C1c1ccc(F)cc1. The molecule has 0 fully saturated rings. The summed E-state index contributed by atoms with van der Waals surface area (Å²) in [5, 5.41) is 0. The van der Waals surface area contributed by atoms with E-state index in [0.29, 0.717) is 49.8 Å². The van der Waals surface area contributed by atoms with Crippen molar-refractivity contribution in [3.63, 3.8) is 0 Å². The number of halogens is 1. The van der Waals surface area contributed by atoms with E-state index >= 15 is 0 Å². The predicted octanol–water partition coefficient (Wildman–Crippen LogP) is 4.48. The zero-order valence-electron chi connectivity index (χ0n) is 22.2. The van der Waals surface area contributed by atoms with E-state index < -0.39 is 17.8 Å².